The van der Waals surface area contributed by atoms with Crippen molar-refractivity contribution in [3.63, 3.8) is 0 Å². The maximum atomic E-state index is 13.0. The minimum absolute atomic E-state index is 0.00180. The number of hydrogen-bond donors (Lipinski definition) is 1. The number of carbonyl (C=O) groups is 2. The molecule has 2 rings (SSSR count). The molecule has 0 aliphatic carbocycles. The number of nitrogens with zero attached hydrogens (tertiary/aromatic N) is 1. The Morgan fingerprint density at radius 2 is 1.60 bits per heavy atom. The van der Waals surface area contributed by atoms with Crippen molar-refractivity contribution in [3.05, 3.63) is 54.1 Å². The predicted molar refractivity (Wildman–Crippen MR) is 113 cm³/mol. The summed E-state index contributed by atoms with van der Waals surface area (Å²) in [4.78, 5) is 24.1. The lowest BCUT2D eigenvalue weighted by molar-refractivity contribution is -0.129. The van der Waals surface area contributed by atoms with Crippen LogP contribution >= 0.6 is 0 Å². The number of methoxy groups -OCH3 is 1. The molecule has 0 spiro atoms. The summed E-state index contributed by atoms with van der Waals surface area (Å²) >= 11 is 0. The second kappa shape index (κ2) is 9.62. The van der Waals surface area contributed by atoms with Crippen molar-refractivity contribution in [3.8, 4) is 5.75 Å². The van der Waals surface area contributed by atoms with Crippen LogP contribution < -0.4 is 14.4 Å². The summed E-state index contributed by atoms with van der Waals surface area (Å²) < 4.78 is 37.4. The van der Waals surface area contributed by atoms with Crippen molar-refractivity contribution in [2.24, 2.45) is 0 Å². The number of benzene rings is 2. The molecular formula is C21H26N2O6S. The summed E-state index contributed by atoms with van der Waals surface area (Å²) in [6.07, 6.45) is -0.972. The van der Waals surface area contributed by atoms with Crippen LogP contribution in [-0.4, -0.2) is 46.6 Å². The van der Waals surface area contributed by atoms with Gasteiger partial charge in [0, 0.05) is 13.1 Å². The van der Waals surface area contributed by atoms with Gasteiger partial charge in [0.25, 0.3) is 15.9 Å². The van der Waals surface area contributed by atoms with E-state index in [1.165, 1.54) is 45.3 Å². The molecule has 162 valence electrons. The standard InChI is InChI=1S/C21H26N2O6S/c1-14(2)22-20(24)15(3)29-21(25)16-10-12-17(13-11-16)30(26,27)23(4)18-8-6-7-9-19(18)28-5/h6-15H,1-5H3,(H,22,24). The molecule has 0 bridgehead atoms. The SMILES string of the molecule is COc1ccccc1N(C)S(=O)(=O)c1ccc(C(=O)OC(C)C(=O)NC(C)C)cc1. The number of carbonyl (C=O) groups excluding carboxylic acids is 2. The number of nitrogens with one attached hydrogen (secondary N) is 1. The molecule has 9 heteroatoms. The maximum absolute atomic E-state index is 13.0. The Kier molecular flexibility index (Phi) is 7.44. The zero-order valence-electron chi connectivity index (χ0n) is 17.6. The zero-order valence-corrected chi connectivity index (χ0v) is 18.4. The number of amides is 1. The largest absolute Gasteiger partial charge is 0.495 e. The van der Waals surface area contributed by atoms with E-state index in [4.69, 9.17) is 9.47 Å². The van der Waals surface area contributed by atoms with Crippen LogP contribution in [0.1, 0.15) is 31.1 Å². The molecule has 1 atom stereocenters. The Morgan fingerprint density at radius 3 is 2.17 bits per heavy atom. The lowest BCUT2D eigenvalue weighted by Gasteiger charge is -2.21. The topological polar surface area (TPSA) is 102 Å². The highest BCUT2D eigenvalue weighted by molar-refractivity contribution is 7.92. The number of para-hydroxylation sites is 2. The van der Waals surface area contributed by atoms with E-state index >= 15 is 0 Å². The summed E-state index contributed by atoms with van der Waals surface area (Å²) in [5.41, 5.74) is 0.520. The van der Waals surface area contributed by atoms with Crippen molar-refractivity contribution in [2.45, 2.75) is 37.8 Å². The van der Waals surface area contributed by atoms with Crippen LogP contribution in [0, 0.1) is 0 Å². The molecule has 8 nitrogen and oxygen atoms in total. The van der Waals surface area contributed by atoms with Crippen molar-refractivity contribution in [1.82, 2.24) is 5.32 Å². The number of anilines is 1. The molecule has 0 aliphatic rings. The van der Waals surface area contributed by atoms with E-state index in [1.54, 1.807) is 38.1 Å². The summed E-state index contributed by atoms with van der Waals surface area (Å²) in [7, 11) is -0.999. The molecule has 0 aliphatic heterocycles. The van der Waals surface area contributed by atoms with Crippen LogP contribution in [0.25, 0.3) is 0 Å². The highest BCUT2D eigenvalue weighted by Crippen LogP contribution is 2.30. The van der Waals surface area contributed by atoms with Crippen LogP contribution in [0.3, 0.4) is 0 Å². The third kappa shape index (κ3) is 5.29. The van der Waals surface area contributed by atoms with Gasteiger partial charge in [-0.15, -0.1) is 0 Å². The fraction of sp³-hybridized carbons (Fsp3) is 0.333. The Hall–Kier alpha value is -3.07. The normalized spacial score (nSPS) is 12.2. The molecule has 1 unspecified atom stereocenters. The van der Waals surface area contributed by atoms with Gasteiger partial charge in [0.1, 0.15) is 5.75 Å². The second-order valence-electron chi connectivity index (χ2n) is 6.88. The van der Waals surface area contributed by atoms with Crippen LogP contribution in [0.15, 0.2) is 53.4 Å². The average Bonchev–Trinajstić information content (AvgIpc) is 2.72. The molecule has 2 aromatic carbocycles. The average molecular weight is 435 g/mol. The van der Waals surface area contributed by atoms with Gasteiger partial charge in [-0.2, -0.15) is 0 Å². The van der Waals surface area contributed by atoms with E-state index in [0.717, 1.165) is 4.31 Å². The molecule has 0 saturated heterocycles. The minimum atomic E-state index is -3.88. The highest BCUT2D eigenvalue weighted by atomic mass is 32.2. The fourth-order valence-electron chi connectivity index (χ4n) is 2.62. The molecule has 30 heavy (non-hydrogen) atoms. The van der Waals surface area contributed by atoms with Gasteiger partial charge in [0.15, 0.2) is 6.10 Å². The van der Waals surface area contributed by atoms with E-state index in [9.17, 15) is 18.0 Å². The number of sulfonamides is 1. The molecule has 0 saturated carbocycles. The van der Waals surface area contributed by atoms with Crippen molar-refractivity contribution < 1.29 is 27.5 Å². The Balaban J connectivity index is 2.18. The van der Waals surface area contributed by atoms with E-state index in [1.807, 2.05) is 0 Å². The summed E-state index contributed by atoms with van der Waals surface area (Å²) in [6, 6.07) is 12.0. The van der Waals surface area contributed by atoms with Gasteiger partial charge in [0.05, 0.1) is 23.3 Å². The first kappa shape index (κ1) is 23.2. The van der Waals surface area contributed by atoms with Gasteiger partial charge in [-0.25, -0.2) is 13.2 Å². The first-order chi connectivity index (χ1) is 14.1. The molecular weight excluding hydrogens is 408 g/mol. The third-order valence-corrected chi connectivity index (χ3v) is 6.04. The molecule has 0 aromatic heterocycles. The molecule has 0 heterocycles. The van der Waals surface area contributed by atoms with Gasteiger partial charge < -0.3 is 14.8 Å². The number of ether oxygens (including phenoxy) is 2. The summed E-state index contributed by atoms with van der Waals surface area (Å²) in [5.74, 6) is -0.711. The highest BCUT2D eigenvalue weighted by Gasteiger charge is 2.25. The van der Waals surface area contributed by atoms with Crippen molar-refractivity contribution in [2.75, 3.05) is 18.5 Å². The van der Waals surface area contributed by atoms with Crippen molar-refractivity contribution >= 4 is 27.6 Å². The lowest BCUT2D eigenvalue weighted by atomic mass is 10.2. The molecule has 0 fully saturated rings. The van der Waals surface area contributed by atoms with Gasteiger partial charge in [0.2, 0.25) is 0 Å². The first-order valence-corrected chi connectivity index (χ1v) is 10.7. The third-order valence-electron chi connectivity index (χ3n) is 4.26. The Labute approximate surface area is 176 Å². The van der Waals surface area contributed by atoms with Crippen molar-refractivity contribution in [1.29, 1.82) is 0 Å². The van der Waals surface area contributed by atoms with Crippen LogP contribution in [0.4, 0.5) is 5.69 Å². The molecule has 2 aromatic rings. The summed E-state index contributed by atoms with van der Waals surface area (Å²) in [5, 5.41) is 2.65. The predicted octanol–water partition coefficient (Wildman–Crippen LogP) is 2.59. The maximum Gasteiger partial charge on any atom is 0.338 e. The molecule has 0 radical (unpaired) electrons. The Bertz CT molecular complexity index is 1000. The quantitative estimate of drug-likeness (QED) is 0.641. The van der Waals surface area contributed by atoms with Gasteiger partial charge in [-0.3, -0.25) is 9.10 Å². The minimum Gasteiger partial charge on any atom is -0.495 e. The Morgan fingerprint density at radius 1 is 1.00 bits per heavy atom. The summed E-state index contributed by atoms with van der Waals surface area (Å²) in [6.45, 7) is 5.07. The number of esters is 1. The lowest BCUT2D eigenvalue weighted by Crippen LogP contribution is -2.39. The monoisotopic (exact) mass is 434 g/mol. The smallest absolute Gasteiger partial charge is 0.338 e. The van der Waals surface area contributed by atoms with E-state index in [0.29, 0.717) is 11.4 Å². The van der Waals surface area contributed by atoms with Gasteiger partial charge >= 0.3 is 5.97 Å². The second-order valence-corrected chi connectivity index (χ2v) is 8.85. The van der Waals surface area contributed by atoms with E-state index in [2.05, 4.69) is 5.32 Å². The van der Waals surface area contributed by atoms with Gasteiger partial charge in [-0.1, -0.05) is 12.1 Å². The first-order valence-electron chi connectivity index (χ1n) is 9.31. The zero-order chi connectivity index (χ0) is 22.5. The number of rotatable bonds is 8. The van der Waals surface area contributed by atoms with Crippen LogP contribution in [-0.2, 0) is 19.6 Å². The van der Waals surface area contributed by atoms with E-state index in [-0.39, 0.29) is 16.5 Å². The molecule has 1 amide bonds. The van der Waals surface area contributed by atoms with Gasteiger partial charge in [-0.05, 0) is 57.2 Å². The van der Waals surface area contributed by atoms with Crippen LogP contribution in [0.5, 0.6) is 5.75 Å². The fourth-order valence-corrected chi connectivity index (χ4v) is 3.83. The molecule has 1 N–H and O–H groups in total. The number of hydrogen-bond acceptors (Lipinski definition) is 6. The van der Waals surface area contributed by atoms with E-state index < -0.39 is 28.0 Å². The van der Waals surface area contributed by atoms with Crippen LogP contribution in [0.2, 0.25) is 0 Å².